The van der Waals surface area contributed by atoms with Gasteiger partial charge in [-0.3, -0.25) is 4.21 Å². The van der Waals surface area contributed by atoms with Crippen LogP contribution < -0.4 is 5.32 Å². The van der Waals surface area contributed by atoms with Gasteiger partial charge >= 0.3 is 0 Å². The Bertz CT molecular complexity index is 400. The van der Waals surface area contributed by atoms with Crippen molar-refractivity contribution >= 4 is 22.4 Å². The average molecular weight is 272 g/mol. The lowest BCUT2D eigenvalue weighted by Gasteiger charge is -2.26. The fraction of sp³-hybridized carbons (Fsp3) is 0.538. The molecule has 0 saturated carbocycles. The molecule has 0 aromatic heterocycles. The highest BCUT2D eigenvalue weighted by Crippen LogP contribution is 2.20. The van der Waals surface area contributed by atoms with Crippen molar-refractivity contribution in [3.05, 3.63) is 34.9 Å². The Morgan fingerprint density at radius 1 is 1.41 bits per heavy atom. The zero-order valence-electron chi connectivity index (χ0n) is 9.99. The first-order valence-corrected chi connectivity index (χ1v) is 7.88. The van der Waals surface area contributed by atoms with Gasteiger partial charge in [-0.1, -0.05) is 23.7 Å². The largest absolute Gasteiger partial charge is 0.307 e. The first-order valence-electron chi connectivity index (χ1n) is 6.01. The molecule has 1 fully saturated rings. The van der Waals surface area contributed by atoms with Gasteiger partial charge in [0, 0.05) is 39.4 Å². The van der Waals surface area contributed by atoms with Crippen LogP contribution >= 0.6 is 11.6 Å². The topological polar surface area (TPSA) is 29.1 Å². The second-order valence-corrected chi connectivity index (χ2v) is 6.70. The van der Waals surface area contributed by atoms with Gasteiger partial charge < -0.3 is 5.32 Å². The van der Waals surface area contributed by atoms with Gasteiger partial charge in [0.15, 0.2) is 0 Å². The lowest BCUT2D eigenvalue weighted by Crippen LogP contribution is -2.37. The average Bonchev–Trinajstić information content (AvgIpc) is 2.32. The summed E-state index contributed by atoms with van der Waals surface area (Å²) in [6.07, 6.45) is 2.02. The van der Waals surface area contributed by atoms with E-state index in [4.69, 9.17) is 11.6 Å². The van der Waals surface area contributed by atoms with Crippen molar-refractivity contribution in [1.29, 1.82) is 0 Å². The minimum Gasteiger partial charge on any atom is -0.307 e. The minimum absolute atomic E-state index is 0.297. The van der Waals surface area contributed by atoms with E-state index in [-0.39, 0.29) is 0 Å². The number of hydrogen-bond acceptors (Lipinski definition) is 2. The van der Waals surface area contributed by atoms with Gasteiger partial charge in [0.25, 0.3) is 0 Å². The Morgan fingerprint density at radius 2 is 2.12 bits per heavy atom. The van der Waals surface area contributed by atoms with E-state index in [2.05, 4.69) is 18.3 Å². The molecule has 1 saturated heterocycles. The third kappa shape index (κ3) is 3.80. The van der Waals surface area contributed by atoms with Gasteiger partial charge in [0.2, 0.25) is 0 Å². The van der Waals surface area contributed by atoms with E-state index < -0.39 is 10.8 Å². The summed E-state index contributed by atoms with van der Waals surface area (Å²) in [4.78, 5) is 0. The van der Waals surface area contributed by atoms with E-state index in [1.54, 1.807) is 0 Å². The molecule has 94 valence electrons. The molecule has 0 amide bonds. The molecule has 1 N–H and O–H groups in total. The second kappa shape index (κ2) is 5.98. The molecule has 1 aliphatic rings. The Labute approximate surface area is 110 Å². The number of halogens is 1. The second-order valence-electron chi connectivity index (χ2n) is 4.57. The molecule has 0 bridgehead atoms. The monoisotopic (exact) mass is 271 g/mol. The SMILES string of the molecule is C[C@H](NC1CCS(=O)CC1)c1cccc(Cl)c1. The van der Waals surface area contributed by atoms with Crippen molar-refractivity contribution in [1.82, 2.24) is 5.32 Å². The van der Waals surface area contributed by atoms with E-state index in [1.807, 2.05) is 18.2 Å². The van der Waals surface area contributed by atoms with Gasteiger partial charge in [-0.05, 0) is 37.5 Å². The molecular weight excluding hydrogens is 254 g/mol. The number of benzene rings is 1. The van der Waals surface area contributed by atoms with Crippen LogP contribution in [0.25, 0.3) is 0 Å². The lowest BCUT2D eigenvalue weighted by molar-refractivity contribution is 0.427. The maximum absolute atomic E-state index is 11.3. The summed E-state index contributed by atoms with van der Waals surface area (Å²) < 4.78 is 11.3. The molecule has 0 unspecified atom stereocenters. The Hall–Kier alpha value is -0.380. The summed E-state index contributed by atoms with van der Waals surface area (Å²) in [5, 5.41) is 4.37. The predicted molar refractivity (Wildman–Crippen MR) is 73.9 cm³/mol. The van der Waals surface area contributed by atoms with Crippen molar-refractivity contribution < 1.29 is 4.21 Å². The quantitative estimate of drug-likeness (QED) is 0.916. The smallest absolute Gasteiger partial charge is 0.0409 e. The maximum Gasteiger partial charge on any atom is 0.0409 e. The molecule has 4 heteroatoms. The fourth-order valence-electron chi connectivity index (χ4n) is 2.19. The van der Waals surface area contributed by atoms with Crippen LogP contribution in [0, 0.1) is 0 Å². The van der Waals surface area contributed by atoms with Crippen molar-refractivity contribution in [2.24, 2.45) is 0 Å². The van der Waals surface area contributed by atoms with Crippen molar-refractivity contribution in [2.45, 2.75) is 31.8 Å². The van der Waals surface area contributed by atoms with Crippen LogP contribution in [0.4, 0.5) is 0 Å². The van der Waals surface area contributed by atoms with Crippen molar-refractivity contribution in [3.8, 4) is 0 Å². The number of rotatable bonds is 3. The molecular formula is C13H18ClNOS. The highest BCUT2D eigenvalue weighted by molar-refractivity contribution is 7.85. The summed E-state index contributed by atoms with van der Waals surface area (Å²) in [6, 6.07) is 8.74. The van der Waals surface area contributed by atoms with Gasteiger partial charge in [-0.2, -0.15) is 0 Å². The zero-order chi connectivity index (χ0) is 12.3. The van der Waals surface area contributed by atoms with Gasteiger partial charge in [-0.15, -0.1) is 0 Å². The number of hydrogen-bond donors (Lipinski definition) is 1. The van der Waals surface area contributed by atoms with E-state index in [1.165, 1.54) is 5.56 Å². The summed E-state index contributed by atoms with van der Waals surface area (Å²) in [7, 11) is -0.585. The third-order valence-corrected chi connectivity index (χ3v) is 4.84. The van der Waals surface area contributed by atoms with Crippen LogP contribution in [-0.2, 0) is 10.8 Å². The molecule has 2 nitrogen and oxygen atoms in total. The van der Waals surface area contributed by atoms with Crippen LogP contribution in [0.1, 0.15) is 31.4 Å². The summed E-state index contributed by atoms with van der Waals surface area (Å²) in [6.45, 7) is 2.15. The number of nitrogens with one attached hydrogen (secondary N) is 1. The highest BCUT2D eigenvalue weighted by Gasteiger charge is 2.19. The standard InChI is InChI=1S/C13H18ClNOS/c1-10(11-3-2-4-12(14)9-11)15-13-5-7-17(16)8-6-13/h2-4,9-10,13,15H,5-8H2,1H3/t10-,13?,17?/m0/s1. The molecule has 1 atom stereocenters. The Balaban J connectivity index is 1.92. The van der Waals surface area contributed by atoms with Gasteiger partial charge in [0.1, 0.15) is 0 Å². The summed E-state index contributed by atoms with van der Waals surface area (Å²) in [5.74, 6) is 1.67. The molecule has 2 rings (SSSR count). The first-order chi connectivity index (χ1) is 8.15. The highest BCUT2D eigenvalue weighted by atomic mass is 35.5. The Kier molecular flexibility index (Phi) is 4.60. The molecule has 17 heavy (non-hydrogen) atoms. The van der Waals surface area contributed by atoms with Crippen molar-refractivity contribution in [2.75, 3.05) is 11.5 Å². The van der Waals surface area contributed by atoms with Gasteiger partial charge in [0.05, 0.1) is 0 Å². The zero-order valence-corrected chi connectivity index (χ0v) is 11.6. The molecule has 1 aliphatic heterocycles. The maximum atomic E-state index is 11.3. The summed E-state index contributed by atoms with van der Waals surface area (Å²) >= 11 is 5.98. The van der Waals surface area contributed by atoms with Crippen LogP contribution in [0.15, 0.2) is 24.3 Å². The van der Waals surface area contributed by atoms with Crippen LogP contribution in [0.3, 0.4) is 0 Å². The lowest BCUT2D eigenvalue weighted by atomic mass is 10.1. The molecule has 1 aromatic rings. The Morgan fingerprint density at radius 3 is 2.76 bits per heavy atom. The third-order valence-electron chi connectivity index (χ3n) is 3.22. The van der Waals surface area contributed by atoms with Crippen molar-refractivity contribution in [3.63, 3.8) is 0 Å². The van der Waals surface area contributed by atoms with E-state index in [0.717, 1.165) is 29.4 Å². The van der Waals surface area contributed by atoms with E-state index in [9.17, 15) is 4.21 Å². The van der Waals surface area contributed by atoms with Crippen LogP contribution in [-0.4, -0.2) is 21.8 Å². The van der Waals surface area contributed by atoms with Crippen LogP contribution in [0.5, 0.6) is 0 Å². The van der Waals surface area contributed by atoms with E-state index >= 15 is 0 Å². The molecule has 0 aliphatic carbocycles. The molecule has 1 aromatic carbocycles. The molecule has 0 radical (unpaired) electrons. The molecule has 1 heterocycles. The predicted octanol–water partition coefficient (Wildman–Crippen LogP) is 2.90. The fourth-order valence-corrected chi connectivity index (χ4v) is 3.68. The summed E-state index contributed by atoms with van der Waals surface area (Å²) in [5.41, 5.74) is 1.21. The van der Waals surface area contributed by atoms with E-state index in [0.29, 0.717) is 12.1 Å². The van der Waals surface area contributed by atoms with Crippen LogP contribution in [0.2, 0.25) is 5.02 Å². The minimum atomic E-state index is -0.585. The molecule has 0 spiro atoms. The normalized spacial score (nSPS) is 26.7. The first kappa shape index (κ1) is 13.1. The van der Waals surface area contributed by atoms with Gasteiger partial charge in [-0.25, -0.2) is 0 Å².